The zero-order chi connectivity index (χ0) is 13.1. The third kappa shape index (κ3) is 4.10. The van der Waals surface area contributed by atoms with Crippen LogP contribution in [0.25, 0.3) is 0 Å². The molecule has 4 heteroatoms. The first-order valence-electron chi connectivity index (χ1n) is 5.39. The standard InChI is InChI=1S/C13H16ClFO2/c1-13(2,17-3)7-6-12(16)9-4-5-10(14)11(15)8-9/h4-5,8H,6-7H2,1-3H3. The summed E-state index contributed by atoms with van der Waals surface area (Å²) in [5, 5.41) is 0.0266. The Morgan fingerprint density at radius 3 is 2.65 bits per heavy atom. The quantitative estimate of drug-likeness (QED) is 0.750. The van der Waals surface area contributed by atoms with Crippen LogP contribution in [0.4, 0.5) is 4.39 Å². The molecule has 0 unspecified atom stereocenters. The highest BCUT2D eigenvalue weighted by Crippen LogP contribution is 2.20. The van der Waals surface area contributed by atoms with Crippen LogP contribution in [0.1, 0.15) is 37.0 Å². The summed E-state index contributed by atoms with van der Waals surface area (Å²) in [7, 11) is 1.60. The molecular weight excluding hydrogens is 243 g/mol. The number of ketones is 1. The second-order valence-corrected chi connectivity index (χ2v) is 4.92. The van der Waals surface area contributed by atoms with Crippen molar-refractivity contribution < 1.29 is 13.9 Å². The van der Waals surface area contributed by atoms with Crippen LogP contribution in [-0.2, 0) is 4.74 Å². The molecule has 0 saturated carbocycles. The van der Waals surface area contributed by atoms with Crippen LogP contribution in [-0.4, -0.2) is 18.5 Å². The lowest BCUT2D eigenvalue weighted by atomic mass is 9.98. The van der Waals surface area contributed by atoms with Gasteiger partial charge in [-0.15, -0.1) is 0 Å². The van der Waals surface area contributed by atoms with Crippen molar-refractivity contribution in [3.8, 4) is 0 Å². The van der Waals surface area contributed by atoms with Crippen molar-refractivity contribution in [2.24, 2.45) is 0 Å². The maximum Gasteiger partial charge on any atom is 0.163 e. The second-order valence-electron chi connectivity index (χ2n) is 4.52. The van der Waals surface area contributed by atoms with E-state index in [9.17, 15) is 9.18 Å². The van der Waals surface area contributed by atoms with Gasteiger partial charge in [0.15, 0.2) is 5.78 Å². The molecule has 0 N–H and O–H groups in total. The van der Waals surface area contributed by atoms with Gasteiger partial charge in [-0.1, -0.05) is 11.6 Å². The molecule has 0 aliphatic rings. The van der Waals surface area contributed by atoms with Crippen LogP contribution < -0.4 is 0 Å². The highest BCUT2D eigenvalue weighted by Gasteiger charge is 2.19. The summed E-state index contributed by atoms with van der Waals surface area (Å²) >= 11 is 5.55. The minimum atomic E-state index is -0.566. The zero-order valence-corrected chi connectivity index (χ0v) is 11.0. The lowest BCUT2D eigenvalue weighted by molar-refractivity contribution is 0.0141. The number of rotatable bonds is 5. The van der Waals surface area contributed by atoms with Crippen molar-refractivity contribution in [2.75, 3.05) is 7.11 Å². The SMILES string of the molecule is COC(C)(C)CCC(=O)c1ccc(Cl)c(F)c1. The van der Waals surface area contributed by atoms with Crippen molar-refractivity contribution in [2.45, 2.75) is 32.3 Å². The lowest BCUT2D eigenvalue weighted by Gasteiger charge is -2.22. The molecule has 0 heterocycles. The average Bonchev–Trinajstić information content (AvgIpc) is 2.30. The third-order valence-electron chi connectivity index (χ3n) is 2.75. The van der Waals surface area contributed by atoms with Gasteiger partial charge in [0.25, 0.3) is 0 Å². The molecule has 17 heavy (non-hydrogen) atoms. The van der Waals surface area contributed by atoms with E-state index in [1.54, 1.807) is 7.11 Å². The molecule has 0 aliphatic heterocycles. The van der Waals surface area contributed by atoms with Gasteiger partial charge in [-0.2, -0.15) is 0 Å². The number of ether oxygens (including phenoxy) is 1. The number of hydrogen-bond donors (Lipinski definition) is 0. The molecule has 0 atom stereocenters. The van der Waals surface area contributed by atoms with E-state index in [1.807, 2.05) is 13.8 Å². The van der Waals surface area contributed by atoms with Crippen molar-refractivity contribution >= 4 is 17.4 Å². The van der Waals surface area contributed by atoms with Gasteiger partial charge in [0, 0.05) is 19.1 Å². The topological polar surface area (TPSA) is 26.3 Å². The van der Waals surface area contributed by atoms with Crippen molar-refractivity contribution in [3.05, 3.63) is 34.6 Å². The smallest absolute Gasteiger partial charge is 0.163 e. The number of carbonyl (C=O) groups is 1. The summed E-state index contributed by atoms with van der Waals surface area (Å²) in [6.07, 6.45) is 0.911. The Hall–Kier alpha value is -0.930. The predicted octanol–water partition coefficient (Wildman–Crippen LogP) is 3.87. The summed E-state index contributed by atoms with van der Waals surface area (Å²) in [5.41, 5.74) is -0.000483. The fraction of sp³-hybridized carbons (Fsp3) is 0.462. The number of carbonyl (C=O) groups excluding carboxylic acids is 1. The fourth-order valence-corrected chi connectivity index (χ4v) is 1.45. The predicted molar refractivity (Wildman–Crippen MR) is 66.1 cm³/mol. The summed E-state index contributed by atoms with van der Waals surface area (Å²) < 4.78 is 18.4. The molecule has 0 radical (unpaired) electrons. The van der Waals surface area contributed by atoms with Gasteiger partial charge in [0.1, 0.15) is 5.82 Å². The summed E-state index contributed by atoms with van der Waals surface area (Å²) in [5.74, 6) is -0.672. The lowest BCUT2D eigenvalue weighted by Crippen LogP contribution is -2.23. The van der Waals surface area contributed by atoms with Gasteiger partial charge in [0.2, 0.25) is 0 Å². The van der Waals surface area contributed by atoms with E-state index >= 15 is 0 Å². The molecule has 0 aliphatic carbocycles. The van der Waals surface area contributed by atoms with E-state index in [-0.39, 0.29) is 16.4 Å². The van der Waals surface area contributed by atoms with E-state index in [0.29, 0.717) is 18.4 Å². The minimum Gasteiger partial charge on any atom is -0.379 e. The van der Waals surface area contributed by atoms with E-state index in [1.165, 1.54) is 18.2 Å². The first kappa shape index (κ1) is 14.1. The van der Waals surface area contributed by atoms with Gasteiger partial charge in [0.05, 0.1) is 10.6 Å². The molecule has 0 fully saturated rings. The number of hydrogen-bond acceptors (Lipinski definition) is 2. The molecule has 1 aromatic rings. The maximum absolute atomic E-state index is 13.2. The number of halogens is 2. The molecule has 2 nitrogen and oxygen atoms in total. The van der Waals surface area contributed by atoms with E-state index in [4.69, 9.17) is 16.3 Å². The molecule has 0 bridgehead atoms. The van der Waals surface area contributed by atoms with E-state index < -0.39 is 5.82 Å². The molecule has 0 aromatic heterocycles. The van der Waals surface area contributed by atoms with Gasteiger partial charge < -0.3 is 4.74 Å². The van der Waals surface area contributed by atoms with E-state index in [0.717, 1.165) is 0 Å². The van der Waals surface area contributed by atoms with Crippen molar-refractivity contribution in [3.63, 3.8) is 0 Å². The molecule has 1 aromatic carbocycles. The molecule has 0 amide bonds. The third-order valence-corrected chi connectivity index (χ3v) is 3.05. The Morgan fingerprint density at radius 1 is 1.47 bits per heavy atom. The molecular formula is C13H16ClFO2. The average molecular weight is 259 g/mol. The van der Waals surface area contributed by atoms with Crippen LogP contribution in [0, 0.1) is 5.82 Å². The molecule has 0 saturated heterocycles. The van der Waals surface area contributed by atoms with Crippen molar-refractivity contribution in [1.29, 1.82) is 0 Å². The second kappa shape index (κ2) is 5.61. The largest absolute Gasteiger partial charge is 0.379 e. The summed E-state index contributed by atoms with van der Waals surface area (Å²) in [4.78, 5) is 11.8. The molecule has 1 rings (SSSR count). The Balaban J connectivity index is 2.68. The number of benzene rings is 1. The monoisotopic (exact) mass is 258 g/mol. The Morgan fingerprint density at radius 2 is 2.12 bits per heavy atom. The summed E-state index contributed by atoms with van der Waals surface area (Å²) in [6, 6.07) is 4.10. The van der Waals surface area contributed by atoms with Crippen molar-refractivity contribution in [1.82, 2.24) is 0 Å². The summed E-state index contributed by atoms with van der Waals surface area (Å²) in [6.45, 7) is 3.81. The maximum atomic E-state index is 13.2. The molecule has 0 spiro atoms. The minimum absolute atomic E-state index is 0.0266. The highest BCUT2D eigenvalue weighted by atomic mass is 35.5. The molecule has 94 valence electrons. The highest BCUT2D eigenvalue weighted by molar-refractivity contribution is 6.30. The van der Waals surface area contributed by atoms with Crippen LogP contribution in [0.3, 0.4) is 0 Å². The van der Waals surface area contributed by atoms with Gasteiger partial charge in [-0.25, -0.2) is 4.39 Å². The zero-order valence-electron chi connectivity index (χ0n) is 10.2. The first-order valence-corrected chi connectivity index (χ1v) is 5.77. The Labute approximate surface area is 106 Å². The number of Topliss-reactive ketones (excluding diaryl/α,β-unsaturated/α-hetero) is 1. The Kier molecular flexibility index (Phi) is 4.66. The Bertz CT molecular complexity index is 416. The van der Waals surface area contributed by atoms with Crippen LogP contribution in [0.15, 0.2) is 18.2 Å². The van der Waals surface area contributed by atoms with E-state index in [2.05, 4.69) is 0 Å². The van der Waals surface area contributed by atoms with Gasteiger partial charge in [-0.3, -0.25) is 4.79 Å². The van der Waals surface area contributed by atoms with Gasteiger partial charge in [-0.05, 0) is 38.5 Å². The first-order chi connectivity index (χ1) is 7.85. The van der Waals surface area contributed by atoms with Crippen LogP contribution in [0.5, 0.6) is 0 Å². The van der Waals surface area contributed by atoms with Crippen LogP contribution in [0.2, 0.25) is 5.02 Å². The number of methoxy groups -OCH3 is 1. The van der Waals surface area contributed by atoms with Crippen LogP contribution >= 0.6 is 11.6 Å². The fourth-order valence-electron chi connectivity index (χ4n) is 1.33. The normalized spacial score (nSPS) is 11.6. The van der Waals surface area contributed by atoms with Gasteiger partial charge >= 0.3 is 0 Å².